The van der Waals surface area contributed by atoms with Crippen molar-refractivity contribution in [1.82, 2.24) is 15.1 Å². The van der Waals surface area contributed by atoms with Gasteiger partial charge < -0.3 is 5.32 Å². The van der Waals surface area contributed by atoms with Crippen LogP contribution in [-0.2, 0) is 6.54 Å². The van der Waals surface area contributed by atoms with Gasteiger partial charge >= 0.3 is 0 Å². The van der Waals surface area contributed by atoms with Gasteiger partial charge in [-0.05, 0) is 53.6 Å². The maximum absolute atomic E-state index is 4.58. The van der Waals surface area contributed by atoms with Gasteiger partial charge in [0, 0.05) is 18.5 Å². The second-order valence-electron chi connectivity index (χ2n) is 6.95. The molecule has 2 rings (SSSR count). The summed E-state index contributed by atoms with van der Waals surface area (Å²) in [4.78, 5) is 0. The molecule has 21 heavy (non-hydrogen) atoms. The van der Waals surface area contributed by atoms with Crippen LogP contribution in [0.3, 0.4) is 0 Å². The third kappa shape index (κ3) is 4.32. The van der Waals surface area contributed by atoms with Crippen molar-refractivity contribution in [1.29, 1.82) is 0 Å². The number of halogens is 1. The smallest absolute Gasteiger partial charge is 0.0635 e. The number of aryl methyl sites for hydroxylation is 1. The van der Waals surface area contributed by atoms with Crippen LogP contribution in [0.1, 0.15) is 65.0 Å². The maximum Gasteiger partial charge on any atom is 0.0635 e. The van der Waals surface area contributed by atoms with E-state index in [1.165, 1.54) is 29.4 Å². The highest BCUT2D eigenvalue weighted by molar-refractivity contribution is 9.10. The molecule has 120 valence electrons. The average molecular weight is 356 g/mol. The first-order chi connectivity index (χ1) is 10.0. The first-order valence-electron chi connectivity index (χ1n) is 8.47. The summed E-state index contributed by atoms with van der Waals surface area (Å²) < 4.78 is 3.43. The predicted octanol–water partition coefficient (Wildman–Crippen LogP) is 4.57. The molecule has 0 saturated heterocycles. The van der Waals surface area contributed by atoms with E-state index in [4.69, 9.17) is 0 Å². The van der Waals surface area contributed by atoms with E-state index in [1.807, 2.05) is 6.20 Å². The monoisotopic (exact) mass is 355 g/mol. The molecule has 1 aromatic rings. The fraction of sp³-hybridized carbons (Fsp3) is 0.824. The molecule has 0 spiro atoms. The molecule has 0 aliphatic heterocycles. The lowest BCUT2D eigenvalue weighted by atomic mass is 9.73. The highest BCUT2D eigenvalue weighted by Crippen LogP contribution is 2.42. The molecule has 0 aromatic carbocycles. The Morgan fingerprint density at radius 1 is 1.43 bits per heavy atom. The van der Waals surface area contributed by atoms with Crippen molar-refractivity contribution in [3.63, 3.8) is 0 Å². The zero-order valence-corrected chi connectivity index (χ0v) is 15.5. The van der Waals surface area contributed by atoms with Gasteiger partial charge in [0.25, 0.3) is 0 Å². The summed E-state index contributed by atoms with van der Waals surface area (Å²) in [5, 5.41) is 8.23. The minimum absolute atomic E-state index is 0.564. The van der Waals surface area contributed by atoms with Gasteiger partial charge in [0.1, 0.15) is 0 Å². The summed E-state index contributed by atoms with van der Waals surface area (Å²) in [5.41, 5.74) is 1.43. The van der Waals surface area contributed by atoms with Gasteiger partial charge in [-0.15, -0.1) is 0 Å². The largest absolute Gasteiger partial charge is 0.314 e. The summed E-state index contributed by atoms with van der Waals surface area (Å²) in [6.45, 7) is 11.2. The van der Waals surface area contributed by atoms with E-state index in [0.29, 0.717) is 12.0 Å². The average Bonchev–Trinajstić information content (AvgIpc) is 2.78. The van der Waals surface area contributed by atoms with E-state index in [1.54, 1.807) is 0 Å². The van der Waals surface area contributed by atoms with Crippen LogP contribution in [0.2, 0.25) is 0 Å². The Kier molecular flexibility index (Phi) is 6.30. The van der Waals surface area contributed by atoms with Crippen LogP contribution in [0.15, 0.2) is 10.7 Å². The molecule has 4 heteroatoms. The molecule has 0 bridgehead atoms. The van der Waals surface area contributed by atoms with E-state index < -0.39 is 0 Å². The van der Waals surface area contributed by atoms with Gasteiger partial charge in [-0.25, -0.2) is 0 Å². The first kappa shape index (κ1) is 17.0. The highest BCUT2D eigenvalue weighted by Gasteiger charge is 2.33. The topological polar surface area (TPSA) is 29.9 Å². The van der Waals surface area contributed by atoms with Crippen LogP contribution >= 0.6 is 15.9 Å². The summed E-state index contributed by atoms with van der Waals surface area (Å²) >= 11 is 3.75. The normalized spacial score (nSPS) is 26.5. The number of aromatic nitrogens is 2. The molecule has 1 heterocycles. The molecule has 0 radical (unpaired) electrons. The number of nitrogens with one attached hydrogen (secondary N) is 1. The van der Waals surface area contributed by atoms with Crippen molar-refractivity contribution >= 4 is 15.9 Å². The third-order valence-electron chi connectivity index (χ3n) is 4.66. The Morgan fingerprint density at radius 2 is 2.19 bits per heavy atom. The van der Waals surface area contributed by atoms with Crippen LogP contribution in [0.5, 0.6) is 0 Å². The van der Waals surface area contributed by atoms with Crippen LogP contribution in [0.4, 0.5) is 0 Å². The van der Waals surface area contributed by atoms with E-state index in [9.17, 15) is 0 Å². The van der Waals surface area contributed by atoms with Gasteiger partial charge in [0.05, 0.1) is 16.4 Å². The highest BCUT2D eigenvalue weighted by atomic mass is 79.9. The Balaban J connectivity index is 2.21. The Bertz CT molecular complexity index is 441. The first-order valence-corrected chi connectivity index (χ1v) is 9.26. The van der Waals surface area contributed by atoms with Crippen LogP contribution < -0.4 is 5.32 Å². The van der Waals surface area contributed by atoms with Crippen LogP contribution in [0, 0.1) is 11.8 Å². The summed E-state index contributed by atoms with van der Waals surface area (Å²) in [7, 11) is 0. The third-order valence-corrected chi connectivity index (χ3v) is 5.27. The maximum atomic E-state index is 4.58. The lowest BCUT2D eigenvalue weighted by Crippen LogP contribution is -2.35. The minimum atomic E-state index is 0.564. The Hall–Kier alpha value is -0.350. The lowest BCUT2D eigenvalue weighted by Gasteiger charge is -2.36. The minimum Gasteiger partial charge on any atom is -0.314 e. The summed E-state index contributed by atoms with van der Waals surface area (Å²) in [6.07, 6.45) is 7.10. The quantitative estimate of drug-likeness (QED) is 0.809. The van der Waals surface area contributed by atoms with Crippen molar-refractivity contribution in [2.75, 3.05) is 6.54 Å². The molecule has 3 nitrogen and oxygen atoms in total. The zero-order valence-electron chi connectivity index (χ0n) is 13.9. The molecule has 3 atom stereocenters. The number of hydrogen-bond donors (Lipinski definition) is 1. The Labute approximate surface area is 138 Å². The van der Waals surface area contributed by atoms with Gasteiger partial charge in [-0.1, -0.05) is 34.1 Å². The molecule has 1 aliphatic rings. The van der Waals surface area contributed by atoms with E-state index in [-0.39, 0.29) is 0 Å². The van der Waals surface area contributed by atoms with Crippen LogP contribution in [-0.4, -0.2) is 22.4 Å². The van der Waals surface area contributed by atoms with Crippen molar-refractivity contribution in [3.8, 4) is 0 Å². The van der Waals surface area contributed by atoms with Crippen molar-refractivity contribution in [2.45, 2.75) is 71.9 Å². The zero-order chi connectivity index (χ0) is 15.4. The second kappa shape index (κ2) is 7.77. The molecule has 1 aromatic heterocycles. The fourth-order valence-corrected chi connectivity index (χ4v) is 4.13. The SMILES string of the molecule is CCCn1ncc(Br)c1C1CC(C)CCC1CNC(C)C. The molecular weight excluding hydrogens is 326 g/mol. The van der Waals surface area contributed by atoms with Gasteiger partial charge in [0.15, 0.2) is 0 Å². The number of hydrogen-bond acceptors (Lipinski definition) is 2. The molecule has 0 amide bonds. The van der Waals surface area contributed by atoms with Crippen LogP contribution in [0.25, 0.3) is 0 Å². The lowest BCUT2D eigenvalue weighted by molar-refractivity contribution is 0.228. The second-order valence-corrected chi connectivity index (χ2v) is 7.80. The van der Waals surface area contributed by atoms with E-state index in [0.717, 1.165) is 31.3 Å². The van der Waals surface area contributed by atoms with E-state index in [2.05, 4.69) is 58.7 Å². The molecule has 1 saturated carbocycles. The standard InChI is InChI=1S/C17H30BrN3/c1-5-8-21-17(16(18)11-20-21)15-9-13(4)6-7-14(15)10-19-12(2)3/h11-15,19H,5-10H2,1-4H3. The number of rotatable bonds is 6. The predicted molar refractivity (Wildman–Crippen MR) is 92.6 cm³/mol. The molecular formula is C17H30BrN3. The Morgan fingerprint density at radius 3 is 2.86 bits per heavy atom. The van der Waals surface area contributed by atoms with E-state index >= 15 is 0 Å². The summed E-state index contributed by atoms with van der Waals surface area (Å²) in [5.74, 6) is 2.18. The van der Waals surface area contributed by atoms with Gasteiger partial charge in [0.2, 0.25) is 0 Å². The number of nitrogens with zero attached hydrogens (tertiary/aromatic N) is 2. The summed E-state index contributed by atoms with van der Waals surface area (Å²) in [6, 6.07) is 0.564. The van der Waals surface area contributed by atoms with Gasteiger partial charge in [-0.2, -0.15) is 5.10 Å². The molecule has 1 N–H and O–H groups in total. The van der Waals surface area contributed by atoms with Crippen molar-refractivity contribution in [3.05, 3.63) is 16.4 Å². The molecule has 3 unspecified atom stereocenters. The van der Waals surface area contributed by atoms with Gasteiger partial charge in [-0.3, -0.25) is 4.68 Å². The molecule has 1 fully saturated rings. The van der Waals surface area contributed by atoms with Crippen molar-refractivity contribution < 1.29 is 0 Å². The molecule has 1 aliphatic carbocycles. The van der Waals surface area contributed by atoms with Crippen molar-refractivity contribution in [2.24, 2.45) is 11.8 Å². The fourth-order valence-electron chi connectivity index (χ4n) is 3.54.